The zero-order valence-corrected chi connectivity index (χ0v) is 11.8. The quantitative estimate of drug-likeness (QED) is 0.553. The highest BCUT2D eigenvalue weighted by atomic mass is 32.2. The summed E-state index contributed by atoms with van der Waals surface area (Å²) in [5.41, 5.74) is 0.853. The first-order valence-electron chi connectivity index (χ1n) is 6.14. The lowest BCUT2D eigenvalue weighted by Crippen LogP contribution is -2.16. The van der Waals surface area contributed by atoms with Gasteiger partial charge < -0.3 is 14.5 Å². The number of hydrogen-bond donors (Lipinski definition) is 1. The van der Waals surface area contributed by atoms with Crippen LogP contribution in [0.25, 0.3) is 0 Å². The second-order valence-electron chi connectivity index (χ2n) is 4.00. The van der Waals surface area contributed by atoms with E-state index >= 15 is 0 Å². The fourth-order valence-electron chi connectivity index (χ4n) is 1.64. The number of nitrogens with one attached hydrogen (secondary N) is 1. The highest BCUT2D eigenvalue weighted by Crippen LogP contribution is 2.11. The van der Waals surface area contributed by atoms with Gasteiger partial charge in [-0.2, -0.15) is 11.8 Å². The molecule has 0 spiro atoms. The molecule has 0 unspecified atom stereocenters. The Kier molecular flexibility index (Phi) is 7.60. The van der Waals surface area contributed by atoms with Crippen molar-refractivity contribution in [2.45, 2.75) is 25.8 Å². The fourth-order valence-corrected chi connectivity index (χ4v) is 2.14. The number of esters is 1. The largest absolute Gasteiger partial charge is 0.463 e. The van der Waals surface area contributed by atoms with E-state index in [1.54, 1.807) is 6.07 Å². The van der Waals surface area contributed by atoms with Crippen molar-refractivity contribution >= 4 is 17.7 Å². The molecule has 18 heavy (non-hydrogen) atoms. The van der Waals surface area contributed by atoms with E-state index < -0.39 is 5.97 Å². The molecule has 1 N–H and O–H groups in total. The van der Waals surface area contributed by atoms with Crippen molar-refractivity contribution in [2.24, 2.45) is 0 Å². The molecule has 1 aromatic rings. The third-order valence-electron chi connectivity index (χ3n) is 2.64. The van der Waals surface area contributed by atoms with Crippen LogP contribution in [0.5, 0.6) is 0 Å². The molecule has 0 aromatic carbocycles. The average Bonchev–Trinajstić information content (AvgIpc) is 2.85. The standard InChI is InChI=1S/C13H21NO3S/c1-16-13(15)12-11(6-8-17-12)10-14-7-4-3-5-9-18-2/h6,8,14H,3-5,7,9-10H2,1-2H3. The molecule has 0 saturated heterocycles. The Labute approximate surface area is 112 Å². The lowest BCUT2D eigenvalue weighted by Gasteiger charge is -2.04. The van der Waals surface area contributed by atoms with E-state index in [0.29, 0.717) is 12.3 Å². The smallest absolute Gasteiger partial charge is 0.374 e. The summed E-state index contributed by atoms with van der Waals surface area (Å²) in [5.74, 6) is 1.11. The molecule has 0 aliphatic heterocycles. The van der Waals surface area contributed by atoms with Crippen LogP contribution in [0.3, 0.4) is 0 Å². The maximum atomic E-state index is 11.4. The number of carbonyl (C=O) groups excluding carboxylic acids is 1. The molecule has 0 aliphatic rings. The maximum absolute atomic E-state index is 11.4. The normalized spacial score (nSPS) is 10.6. The van der Waals surface area contributed by atoms with E-state index in [1.807, 2.05) is 11.8 Å². The molecule has 4 nitrogen and oxygen atoms in total. The van der Waals surface area contributed by atoms with E-state index in [9.17, 15) is 4.79 Å². The van der Waals surface area contributed by atoms with E-state index in [4.69, 9.17) is 4.42 Å². The summed E-state index contributed by atoms with van der Waals surface area (Å²) in [4.78, 5) is 11.4. The van der Waals surface area contributed by atoms with Crippen LogP contribution in [0, 0.1) is 0 Å². The monoisotopic (exact) mass is 271 g/mol. The number of ether oxygens (including phenoxy) is 1. The first-order chi connectivity index (χ1) is 8.79. The van der Waals surface area contributed by atoms with Gasteiger partial charge in [0.25, 0.3) is 0 Å². The predicted molar refractivity (Wildman–Crippen MR) is 74.0 cm³/mol. The number of methoxy groups -OCH3 is 1. The number of unbranched alkanes of at least 4 members (excludes halogenated alkanes) is 2. The predicted octanol–water partition coefficient (Wildman–Crippen LogP) is 2.69. The zero-order chi connectivity index (χ0) is 13.2. The van der Waals surface area contributed by atoms with Gasteiger partial charge in [-0.15, -0.1) is 0 Å². The van der Waals surface area contributed by atoms with Crippen LogP contribution >= 0.6 is 11.8 Å². The van der Waals surface area contributed by atoms with E-state index in [0.717, 1.165) is 18.5 Å². The zero-order valence-electron chi connectivity index (χ0n) is 11.0. The van der Waals surface area contributed by atoms with Gasteiger partial charge in [-0.1, -0.05) is 6.42 Å². The summed E-state index contributed by atoms with van der Waals surface area (Å²) in [7, 11) is 1.35. The van der Waals surface area contributed by atoms with Crippen molar-refractivity contribution in [1.82, 2.24) is 5.32 Å². The minimum Gasteiger partial charge on any atom is -0.463 e. The van der Waals surface area contributed by atoms with E-state index in [-0.39, 0.29) is 0 Å². The molecule has 5 heteroatoms. The number of rotatable bonds is 9. The van der Waals surface area contributed by atoms with Gasteiger partial charge >= 0.3 is 5.97 Å². The van der Waals surface area contributed by atoms with Crippen molar-refractivity contribution < 1.29 is 13.9 Å². The lowest BCUT2D eigenvalue weighted by molar-refractivity contribution is 0.0563. The van der Waals surface area contributed by atoms with Crippen molar-refractivity contribution in [3.63, 3.8) is 0 Å². The molecule has 1 rings (SSSR count). The van der Waals surface area contributed by atoms with Gasteiger partial charge in [0.05, 0.1) is 13.4 Å². The van der Waals surface area contributed by atoms with Gasteiger partial charge in [0, 0.05) is 12.1 Å². The molecule has 0 amide bonds. The Morgan fingerprint density at radius 3 is 3.00 bits per heavy atom. The Hall–Kier alpha value is -0.940. The van der Waals surface area contributed by atoms with Gasteiger partial charge in [0.1, 0.15) is 0 Å². The molecular formula is C13H21NO3S. The summed E-state index contributed by atoms with van der Waals surface area (Å²) in [6, 6.07) is 1.80. The minimum atomic E-state index is -0.420. The van der Waals surface area contributed by atoms with E-state index in [1.165, 1.54) is 32.0 Å². The molecule has 0 saturated carbocycles. The van der Waals surface area contributed by atoms with Crippen LogP contribution in [-0.4, -0.2) is 31.6 Å². The molecule has 0 fully saturated rings. The van der Waals surface area contributed by atoms with Gasteiger partial charge in [-0.25, -0.2) is 4.79 Å². The second kappa shape index (κ2) is 9.05. The molecule has 1 aromatic heterocycles. The highest BCUT2D eigenvalue weighted by molar-refractivity contribution is 7.98. The molecule has 0 bridgehead atoms. The van der Waals surface area contributed by atoms with Crippen LogP contribution in [0.4, 0.5) is 0 Å². The molecule has 0 atom stereocenters. The molecule has 1 heterocycles. The number of hydrogen-bond acceptors (Lipinski definition) is 5. The molecular weight excluding hydrogens is 250 g/mol. The Balaban J connectivity index is 2.19. The van der Waals surface area contributed by atoms with Crippen molar-refractivity contribution in [3.8, 4) is 0 Å². The Morgan fingerprint density at radius 1 is 1.44 bits per heavy atom. The SMILES string of the molecule is COC(=O)c1occc1CNCCCCCSC. The minimum absolute atomic E-state index is 0.299. The third kappa shape index (κ3) is 5.14. The molecule has 0 aliphatic carbocycles. The van der Waals surface area contributed by atoms with Gasteiger partial charge in [-0.05, 0) is 37.5 Å². The summed E-state index contributed by atoms with van der Waals surface area (Å²) >= 11 is 1.89. The number of furan rings is 1. The third-order valence-corrected chi connectivity index (χ3v) is 3.33. The number of thioether (sulfide) groups is 1. The van der Waals surface area contributed by atoms with Crippen LogP contribution in [-0.2, 0) is 11.3 Å². The fraction of sp³-hybridized carbons (Fsp3) is 0.615. The van der Waals surface area contributed by atoms with Crippen LogP contribution in [0.1, 0.15) is 35.4 Å². The lowest BCUT2D eigenvalue weighted by atomic mass is 10.2. The van der Waals surface area contributed by atoms with Gasteiger partial charge in [-0.3, -0.25) is 0 Å². The summed E-state index contributed by atoms with van der Waals surface area (Å²) in [5, 5.41) is 3.31. The summed E-state index contributed by atoms with van der Waals surface area (Å²) < 4.78 is 9.75. The van der Waals surface area contributed by atoms with Gasteiger partial charge in [0.2, 0.25) is 5.76 Å². The van der Waals surface area contributed by atoms with E-state index in [2.05, 4.69) is 16.3 Å². The summed E-state index contributed by atoms with van der Waals surface area (Å²) in [6.45, 7) is 1.60. The Morgan fingerprint density at radius 2 is 2.28 bits per heavy atom. The molecule has 102 valence electrons. The van der Waals surface area contributed by atoms with Crippen LogP contribution < -0.4 is 5.32 Å². The summed E-state index contributed by atoms with van der Waals surface area (Å²) in [6.07, 6.45) is 7.31. The highest BCUT2D eigenvalue weighted by Gasteiger charge is 2.14. The first kappa shape index (κ1) is 15.1. The molecule has 0 radical (unpaired) electrons. The van der Waals surface area contributed by atoms with Crippen LogP contribution in [0.15, 0.2) is 16.7 Å². The van der Waals surface area contributed by atoms with Gasteiger partial charge in [0.15, 0.2) is 0 Å². The Bertz CT molecular complexity index is 352. The van der Waals surface area contributed by atoms with Crippen LogP contribution in [0.2, 0.25) is 0 Å². The second-order valence-corrected chi connectivity index (χ2v) is 4.98. The van der Waals surface area contributed by atoms with Crippen molar-refractivity contribution in [1.29, 1.82) is 0 Å². The maximum Gasteiger partial charge on any atom is 0.374 e. The van der Waals surface area contributed by atoms with Crippen molar-refractivity contribution in [2.75, 3.05) is 25.7 Å². The van der Waals surface area contributed by atoms with Crippen molar-refractivity contribution in [3.05, 3.63) is 23.7 Å². The topological polar surface area (TPSA) is 51.5 Å². The first-order valence-corrected chi connectivity index (χ1v) is 7.53. The number of carbonyl (C=O) groups is 1. The average molecular weight is 271 g/mol.